The second-order valence-electron chi connectivity index (χ2n) is 11.8. The van der Waals surface area contributed by atoms with E-state index in [9.17, 15) is 4.39 Å². The lowest BCUT2D eigenvalue weighted by molar-refractivity contribution is 0.206. The summed E-state index contributed by atoms with van der Waals surface area (Å²) in [5, 5.41) is 9.26. The highest BCUT2D eigenvalue weighted by molar-refractivity contribution is 5.99. The fraction of sp³-hybridized carbons (Fsp3) is 0.500. The Morgan fingerprint density at radius 3 is 2.65 bits per heavy atom. The lowest BCUT2D eigenvalue weighted by Gasteiger charge is -2.37. The molecule has 3 aromatic heterocycles. The average Bonchev–Trinajstić information content (AvgIpc) is 3.68. The zero-order valence-corrected chi connectivity index (χ0v) is 23.4. The minimum atomic E-state index is -0.396. The molecule has 2 aliphatic heterocycles. The van der Waals surface area contributed by atoms with Gasteiger partial charge in [-0.15, -0.1) is 0 Å². The van der Waals surface area contributed by atoms with E-state index in [-0.39, 0.29) is 5.75 Å². The van der Waals surface area contributed by atoms with Gasteiger partial charge in [-0.1, -0.05) is 32.1 Å². The van der Waals surface area contributed by atoms with E-state index in [1.54, 1.807) is 12.3 Å². The van der Waals surface area contributed by atoms with Crippen molar-refractivity contribution in [2.45, 2.75) is 57.4 Å². The van der Waals surface area contributed by atoms with Crippen LogP contribution in [0.4, 0.5) is 10.1 Å². The molecule has 1 aromatic carbocycles. The molecule has 40 heavy (non-hydrogen) atoms. The van der Waals surface area contributed by atoms with Crippen LogP contribution in [0.2, 0.25) is 0 Å². The standard InChI is InChI=1S/C32H39FN6O/c1-40-31-17-27-26(7-10-35-30(27)18-29(31)33)28-19-36-39-20-25(16-23(32(28)39)15-22-5-3-2-4-6-22)37-12-8-24(9-13-37)38-14-11-34-21-38/h7,10,16-20,22,24,34H,2-6,8-9,11-15,21H2,1H3. The molecule has 0 atom stereocenters. The summed E-state index contributed by atoms with van der Waals surface area (Å²) in [5.41, 5.74) is 6.49. The second kappa shape index (κ2) is 11.0. The minimum Gasteiger partial charge on any atom is -0.494 e. The van der Waals surface area contributed by atoms with Gasteiger partial charge < -0.3 is 15.0 Å². The number of aromatic nitrogens is 3. The average molecular weight is 543 g/mol. The van der Waals surface area contributed by atoms with Crippen molar-refractivity contribution in [1.82, 2.24) is 24.8 Å². The fourth-order valence-electron chi connectivity index (χ4n) is 7.28. The van der Waals surface area contributed by atoms with Crippen LogP contribution in [0.5, 0.6) is 5.75 Å². The van der Waals surface area contributed by atoms with E-state index in [0.717, 1.165) is 54.8 Å². The molecule has 5 heterocycles. The van der Waals surface area contributed by atoms with Crippen molar-refractivity contribution in [2.24, 2.45) is 5.92 Å². The maximum absolute atomic E-state index is 14.5. The van der Waals surface area contributed by atoms with Crippen molar-refractivity contribution in [3.05, 3.63) is 54.2 Å². The van der Waals surface area contributed by atoms with Crippen molar-refractivity contribution in [1.29, 1.82) is 0 Å². The number of fused-ring (bicyclic) bond motifs is 2. The molecule has 0 amide bonds. The number of hydrogen-bond acceptors (Lipinski definition) is 6. The molecule has 0 unspecified atom stereocenters. The fourth-order valence-corrected chi connectivity index (χ4v) is 7.28. The molecule has 4 aromatic rings. The smallest absolute Gasteiger partial charge is 0.167 e. The molecule has 1 saturated carbocycles. The van der Waals surface area contributed by atoms with Crippen LogP contribution in [-0.2, 0) is 6.42 Å². The Bertz CT molecular complexity index is 1500. The van der Waals surface area contributed by atoms with E-state index in [1.165, 1.54) is 75.9 Å². The number of pyridine rings is 2. The Hall–Kier alpha value is -3.23. The topological polar surface area (TPSA) is 57.9 Å². The lowest BCUT2D eigenvalue weighted by atomic mass is 9.84. The van der Waals surface area contributed by atoms with Crippen LogP contribution in [0.15, 0.2) is 42.9 Å². The maximum atomic E-state index is 14.5. The van der Waals surface area contributed by atoms with Crippen molar-refractivity contribution in [3.63, 3.8) is 0 Å². The molecule has 1 N–H and O–H groups in total. The molecule has 0 spiro atoms. The minimum absolute atomic E-state index is 0.232. The first-order chi connectivity index (χ1) is 19.7. The third-order valence-corrected chi connectivity index (χ3v) is 9.45. The van der Waals surface area contributed by atoms with Crippen molar-refractivity contribution in [3.8, 4) is 16.9 Å². The number of piperidine rings is 1. The van der Waals surface area contributed by atoms with Gasteiger partial charge in [-0.05, 0) is 54.5 Å². The Morgan fingerprint density at radius 2 is 1.88 bits per heavy atom. The molecule has 0 bridgehead atoms. The zero-order valence-electron chi connectivity index (χ0n) is 23.4. The summed E-state index contributed by atoms with van der Waals surface area (Å²) in [7, 11) is 1.50. The molecule has 8 heteroatoms. The highest BCUT2D eigenvalue weighted by Crippen LogP contribution is 2.38. The van der Waals surface area contributed by atoms with Crippen LogP contribution in [0.25, 0.3) is 27.5 Å². The highest BCUT2D eigenvalue weighted by Gasteiger charge is 2.28. The monoisotopic (exact) mass is 542 g/mol. The van der Waals surface area contributed by atoms with Gasteiger partial charge in [-0.3, -0.25) is 9.88 Å². The summed E-state index contributed by atoms with van der Waals surface area (Å²) in [6.07, 6.45) is 16.0. The van der Waals surface area contributed by atoms with Crippen LogP contribution in [0.1, 0.15) is 50.5 Å². The summed E-state index contributed by atoms with van der Waals surface area (Å²) < 4.78 is 21.9. The highest BCUT2D eigenvalue weighted by atomic mass is 19.1. The van der Waals surface area contributed by atoms with Crippen LogP contribution < -0.4 is 15.0 Å². The first-order valence-electron chi connectivity index (χ1n) is 15.0. The van der Waals surface area contributed by atoms with Gasteiger partial charge in [0.15, 0.2) is 11.6 Å². The van der Waals surface area contributed by atoms with Crippen LogP contribution in [0, 0.1) is 11.7 Å². The molecular formula is C32H39FN6O. The number of ether oxygens (including phenoxy) is 1. The molecule has 3 fully saturated rings. The van der Waals surface area contributed by atoms with E-state index in [4.69, 9.17) is 9.84 Å². The van der Waals surface area contributed by atoms with Crippen molar-refractivity contribution >= 4 is 22.1 Å². The summed E-state index contributed by atoms with van der Waals surface area (Å²) >= 11 is 0. The van der Waals surface area contributed by atoms with Gasteiger partial charge in [0.1, 0.15) is 0 Å². The Balaban J connectivity index is 1.28. The van der Waals surface area contributed by atoms with Crippen LogP contribution in [0.3, 0.4) is 0 Å². The largest absolute Gasteiger partial charge is 0.494 e. The number of anilines is 1. The van der Waals surface area contributed by atoms with E-state index >= 15 is 0 Å². The second-order valence-corrected chi connectivity index (χ2v) is 11.8. The van der Waals surface area contributed by atoms with Gasteiger partial charge in [-0.25, -0.2) is 8.91 Å². The number of nitrogens with zero attached hydrogens (tertiary/aromatic N) is 5. The zero-order chi connectivity index (χ0) is 27.1. The van der Waals surface area contributed by atoms with E-state index in [2.05, 4.69) is 36.9 Å². The summed E-state index contributed by atoms with van der Waals surface area (Å²) in [6, 6.07) is 8.37. The third kappa shape index (κ3) is 4.81. The van der Waals surface area contributed by atoms with Gasteiger partial charge in [0.05, 0.1) is 36.2 Å². The van der Waals surface area contributed by atoms with E-state index in [1.807, 2.05) is 12.3 Å². The van der Waals surface area contributed by atoms with Crippen LogP contribution in [-0.4, -0.2) is 65.5 Å². The molecule has 2 saturated heterocycles. The normalized spacial score (nSPS) is 19.7. The van der Waals surface area contributed by atoms with Crippen molar-refractivity contribution in [2.75, 3.05) is 44.9 Å². The molecule has 3 aliphatic rings. The number of benzene rings is 1. The predicted octanol–water partition coefficient (Wildman–Crippen LogP) is 5.65. The number of hydrogen-bond donors (Lipinski definition) is 1. The molecular weight excluding hydrogens is 503 g/mol. The quantitative estimate of drug-likeness (QED) is 0.340. The summed E-state index contributed by atoms with van der Waals surface area (Å²) in [5.74, 6) is 0.537. The number of methoxy groups -OCH3 is 1. The number of rotatable bonds is 6. The first kappa shape index (κ1) is 25.7. The molecule has 1 aliphatic carbocycles. The molecule has 7 nitrogen and oxygen atoms in total. The van der Waals surface area contributed by atoms with Gasteiger partial charge in [0.25, 0.3) is 0 Å². The first-order valence-corrected chi connectivity index (χ1v) is 15.0. The summed E-state index contributed by atoms with van der Waals surface area (Å²) in [4.78, 5) is 9.62. The number of halogens is 1. The Kier molecular flexibility index (Phi) is 7.06. The number of nitrogens with one attached hydrogen (secondary N) is 1. The van der Waals surface area contributed by atoms with Gasteiger partial charge >= 0.3 is 0 Å². The van der Waals surface area contributed by atoms with Gasteiger partial charge in [-0.2, -0.15) is 5.10 Å². The SMILES string of the molecule is COc1cc2c(-c3cnn4cc(N5CCC(N6CCNC6)CC5)cc(CC5CCCCC5)c34)ccnc2cc1F. The third-order valence-electron chi connectivity index (χ3n) is 9.45. The van der Waals surface area contributed by atoms with E-state index < -0.39 is 5.82 Å². The van der Waals surface area contributed by atoms with E-state index in [0.29, 0.717) is 17.5 Å². The summed E-state index contributed by atoms with van der Waals surface area (Å²) in [6.45, 7) is 5.45. The predicted molar refractivity (Wildman–Crippen MR) is 158 cm³/mol. The molecule has 7 rings (SSSR count). The Morgan fingerprint density at radius 1 is 1.02 bits per heavy atom. The van der Waals surface area contributed by atoms with Gasteiger partial charge in [0.2, 0.25) is 0 Å². The van der Waals surface area contributed by atoms with Crippen LogP contribution >= 0.6 is 0 Å². The lowest BCUT2D eigenvalue weighted by Crippen LogP contribution is -2.44. The molecule has 210 valence electrons. The van der Waals surface area contributed by atoms with Gasteiger partial charge in [0, 0.05) is 62.1 Å². The molecule has 0 radical (unpaired) electrons. The maximum Gasteiger partial charge on any atom is 0.167 e. The van der Waals surface area contributed by atoms with Crippen molar-refractivity contribution < 1.29 is 9.13 Å². The Labute approximate surface area is 235 Å².